The Bertz CT molecular complexity index is 583. The summed E-state index contributed by atoms with van der Waals surface area (Å²) >= 11 is 0. The fraction of sp³-hybridized carbons (Fsp3) is 0.143. The predicted octanol–water partition coefficient (Wildman–Crippen LogP) is 2.72. The highest BCUT2D eigenvalue weighted by atomic mass is 16.5. The third-order valence-electron chi connectivity index (χ3n) is 2.37. The van der Waals surface area contributed by atoms with Crippen molar-refractivity contribution < 1.29 is 19.4 Å². The van der Waals surface area contributed by atoms with Gasteiger partial charge in [-0.15, -0.1) is 0 Å². The minimum absolute atomic E-state index is 0.0504. The first-order valence-electron chi connectivity index (χ1n) is 5.65. The summed E-state index contributed by atoms with van der Waals surface area (Å²) in [6.07, 6.45) is 0. The molecule has 0 atom stereocenters. The third-order valence-corrected chi connectivity index (χ3v) is 2.37. The van der Waals surface area contributed by atoms with E-state index in [1.54, 1.807) is 25.3 Å². The number of carboxylic acids is 1. The van der Waals surface area contributed by atoms with Crippen molar-refractivity contribution >= 4 is 5.97 Å². The number of carboxylic acid groups (broad SMARTS) is 1. The number of aromatic carboxylic acids is 1. The molecule has 98 valence electrons. The van der Waals surface area contributed by atoms with E-state index in [4.69, 9.17) is 14.6 Å². The predicted molar refractivity (Wildman–Crippen MR) is 68.4 cm³/mol. The zero-order chi connectivity index (χ0) is 13.7. The lowest BCUT2D eigenvalue weighted by molar-refractivity contribution is 0.0689. The highest BCUT2D eigenvalue weighted by Gasteiger charge is 2.06. The minimum Gasteiger partial charge on any atom is -0.477 e. The molecule has 1 N–H and O–H groups in total. The maximum absolute atomic E-state index is 10.8. The van der Waals surface area contributed by atoms with Crippen LogP contribution in [0.5, 0.6) is 11.6 Å². The number of nitrogens with zero attached hydrogens (tertiary/aromatic N) is 1. The molecular formula is C14H13NO4. The lowest BCUT2D eigenvalue weighted by Crippen LogP contribution is -2.00. The molecule has 1 heterocycles. The van der Waals surface area contributed by atoms with Crippen LogP contribution in [0.15, 0.2) is 42.5 Å². The van der Waals surface area contributed by atoms with Gasteiger partial charge >= 0.3 is 5.97 Å². The molecule has 5 heteroatoms. The highest BCUT2D eigenvalue weighted by Crippen LogP contribution is 2.21. The van der Waals surface area contributed by atoms with Crippen LogP contribution in [0.1, 0.15) is 16.1 Å². The van der Waals surface area contributed by atoms with Crippen LogP contribution < -0.4 is 4.74 Å². The van der Waals surface area contributed by atoms with E-state index >= 15 is 0 Å². The minimum atomic E-state index is -1.08. The van der Waals surface area contributed by atoms with E-state index in [1.165, 1.54) is 6.07 Å². The van der Waals surface area contributed by atoms with Crippen molar-refractivity contribution in [1.82, 2.24) is 4.98 Å². The van der Waals surface area contributed by atoms with Gasteiger partial charge in [-0.1, -0.05) is 18.2 Å². The molecule has 1 aromatic carbocycles. The van der Waals surface area contributed by atoms with Crippen LogP contribution in [-0.2, 0) is 11.3 Å². The van der Waals surface area contributed by atoms with E-state index < -0.39 is 5.97 Å². The van der Waals surface area contributed by atoms with Gasteiger partial charge in [-0.25, -0.2) is 9.78 Å². The SMILES string of the molecule is COCc1cccc(Oc2cccc(C(=O)O)n2)c1. The molecule has 0 aliphatic rings. The maximum Gasteiger partial charge on any atom is 0.354 e. The molecule has 0 aliphatic carbocycles. The van der Waals surface area contributed by atoms with E-state index in [0.29, 0.717) is 12.4 Å². The molecule has 0 radical (unpaired) electrons. The first kappa shape index (κ1) is 13.0. The van der Waals surface area contributed by atoms with E-state index in [9.17, 15) is 4.79 Å². The number of aromatic nitrogens is 1. The van der Waals surface area contributed by atoms with E-state index in [2.05, 4.69) is 4.98 Å². The first-order valence-corrected chi connectivity index (χ1v) is 5.65. The fourth-order valence-electron chi connectivity index (χ4n) is 1.58. The number of ether oxygens (including phenoxy) is 2. The average molecular weight is 259 g/mol. The maximum atomic E-state index is 10.8. The lowest BCUT2D eigenvalue weighted by Gasteiger charge is -2.07. The van der Waals surface area contributed by atoms with Gasteiger partial charge in [0.15, 0.2) is 5.69 Å². The number of benzene rings is 1. The molecule has 0 saturated carbocycles. The van der Waals surface area contributed by atoms with Gasteiger partial charge in [0.05, 0.1) is 6.61 Å². The largest absolute Gasteiger partial charge is 0.477 e. The summed E-state index contributed by atoms with van der Waals surface area (Å²) in [5.41, 5.74) is 0.917. The Morgan fingerprint density at radius 3 is 2.79 bits per heavy atom. The quantitative estimate of drug-likeness (QED) is 0.894. The van der Waals surface area contributed by atoms with Gasteiger partial charge in [0.1, 0.15) is 5.75 Å². The summed E-state index contributed by atoms with van der Waals surface area (Å²) in [7, 11) is 1.62. The number of pyridine rings is 1. The zero-order valence-corrected chi connectivity index (χ0v) is 10.4. The number of hydrogen-bond acceptors (Lipinski definition) is 4. The number of rotatable bonds is 5. The smallest absolute Gasteiger partial charge is 0.354 e. The molecule has 5 nitrogen and oxygen atoms in total. The Morgan fingerprint density at radius 1 is 1.26 bits per heavy atom. The van der Waals surface area contributed by atoms with Crippen LogP contribution in [0.4, 0.5) is 0 Å². The number of methoxy groups -OCH3 is 1. The van der Waals surface area contributed by atoms with Crippen LogP contribution >= 0.6 is 0 Å². The molecule has 0 saturated heterocycles. The summed E-state index contributed by atoms with van der Waals surface area (Å²) in [4.78, 5) is 14.7. The van der Waals surface area contributed by atoms with Crippen molar-refractivity contribution in [3.8, 4) is 11.6 Å². The number of hydrogen-bond donors (Lipinski definition) is 1. The van der Waals surface area contributed by atoms with Gasteiger partial charge in [-0.2, -0.15) is 0 Å². The molecule has 19 heavy (non-hydrogen) atoms. The van der Waals surface area contributed by atoms with Gasteiger partial charge in [-0.3, -0.25) is 0 Å². The zero-order valence-electron chi connectivity index (χ0n) is 10.4. The normalized spacial score (nSPS) is 10.2. The van der Waals surface area contributed by atoms with E-state index in [1.807, 2.05) is 18.2 Å². The van der Waals surface area contributed by atoms with Crippen LogP contribution in [0.25, 0.3) is 0 Å². The Balaban J connectivity index is 2.18. The average Bonchev–Trinajstić information content (AvgIpc) is 2.40. The van der Waals surface area contributed by atoms with E-state index in [-0.39, 0.29) is 11.6 Å². The van der Waals surface area contributed by atoms with Crippen molar-refractivity contribution in [3.63, 3.8) is 0 Å². The van der Waals surface area contributed by atoms with Crippen LogP contribution in [0.2, 0.25) is 0 Å². The topological polar surface area (TPSA) is 68.7 Å². The molecule has 0 unspecified atom stereocenters. The van der Waals surface area contributed by atoms with Gasteiger partial charge in [0.2, 0.25) is 5.88 Å². The second kappa shape index (κ2) is 5.97. The Kier molecular flexibility index (Phi) is 4.10. The Hall–Kier alpha value is -2.40. The van der Waals surface area contributed by atoms with Gasteiger partial charge in [0, 0.05) is 13.2 Å². The van der Waals surface area contributed by atoms with Crippen molar-refractivity contribution in [1.29, 1.82) is 0 Å². The fourth-order valence-corrected chi connectivity index (χ4v) is 1.58. The lowest BCUT2D eigenvalue weighted by atomic mass is 10.2. The van der Waals surface area contributed by atoms with Crippen molar-refractivity contribution in [2.24, 2.45) is 0 Å². The van der Waals surface area contributed by atoms with Gasteiger partial charge in [-0.05, 0) is 23.8 Å². The van der Waals surface area contributed by atoms with E-state index in [0.717, 1.165) is 5.56 Å². The first-order chi connectivity index (χ1) is 9.19. The summed E-state index contributed by atoms with van der Waals surface area (Å²) in [5.74, 6) is -0.252. The molecule has 2 aromatic rings. The standard InChI is InChI=1S/C14H13NO4/c1-18-9-10-4-2-5-11(8-10)19-13-7-3-6-12(15-13)14(16)17/h2-8H,9H2,1H3,(H,16,17). The molecule has 0 spiro atoms. The molecule has 0 aliphatic heterocycles. The van der Waals surface area contributed by atoms with Crippen LogP contribution in [-0.4, -0.2) is 23.2 Å². The summed E-state index contributed by atoms with van der Waals surface area (Å²) in [6.45, 7) is 0.486. The molecule has 0 fully saturated rings. The third kappa shape index (κ3) is 3.53. The van der Waals surface area contributed by atoms with Gasteiger partial charge in [0.25, 0.3) is 0 Å². The summed E-state index contributed by atoms with van der Waals surface area (Å²) < 4.78 is 10.6. The summed E-state index contributed by atoms with van der Waals surface area (Å²) in [6, 6.07) is 12.0. The van der Waals surface area contributed by atoms with Crippen molar-refractivity contribution in [2.75, 3.05) is 7.11 Å². The highest BCUT2D eigenvalue weighted by molar-refractivity contribution is 5.85. The van der Waals surface area contributed by atoms with Crippen LogP contribution in [0, 0.1) is 0 Å². The Morgan fingerprint density at radius 2 is 2.05 bits per heavy atom. The molecule has 0 amide bonds. The second-order valence-corrected chi connectivity index (χ2v) is 3.85. The van der Waals surface area contributed by atoms with Crippen LogP contribution in [0.3, 0.4) is 0 Å². The molecule has 2 rings (SSSR count). The Labute approximate surface area is 110 Å². The molecule has 0 bridgehead atoms. The van der Waals surface area contributed by atoms with Gasteiger partial charge < -0.3 is 14.6 Å². The van der Waals surface area contributed by atoms with Crippen molar-refractivity contribution in [3.05, 3.63) is 53.7 Å². The second-order valence-electron chi connectivity index (χ2n) is 3.85. The summed E-state index contributed by atoms with van der Waals surface area (Å²) in [5, 5.41) is 8.85. The molecular weight excluding hydrogens is 246 g/mol. The molecule has 1 aromatic heterocycles. The van der Waals surface area contributed by atoms with Crippen molar-refractivity contribution in [2.45, 2.75) is 6.61 Å². The number of carbonyl (C=O) groups is 1. The monoisotopic (exact) mass is 259 g/mol.